The van der Waals surface area contributed by atoms with E-state index in [1.54, 1.807) is 6.07 Å². The Bertz CT molecular complexity index is 554. The zero-order valence-corrected chi connectivity index (χ0v) is 7.57. The first-order valence-electron chi connectivity index (χ1n) is 4.17. The van der Waals surface area contributed by atoms with Gasteiger partial charge in [-0.05, 0) is 12.1 Å². The summed E-state index contributed by atoms with van der Waals surface area (Å²) in [6.45, 7) is 0. The predicted octanol–water partition coefficient (Wildman–Crippen LogP) is 1.65. The summed E-state index contributed by atoms with van der Waals surface area (Å²) >= 11 is 0. The molecule has 0 radical (unpaired) electrons. The number of nitrogens with zero attached hydrogens (tertiary/aromatic N) is 1. The number of aromatic nitrogens is 1. The lowest BCUT2D eigenvalue weighted by molar-refractivity contribution is 0.0691. The summed E-state index contributed by atoms with van der Waals surface area (Å²) in [6.07, 6.45) is 0. The van der Waals surface area contributed by atoms with Gasteiger partial charge in [0, 0.05) is 11.1 Å². The van der Waals surface area contributed by atoms with Crippen molar-refractivity contribution >= 4 is 22.6 Å². The van der Waals surface area contributed by atoms with Crippen molar-refractivity contribution in [1.29, 1.82) is 0 Å². The monoisotopic (exact) mass is 206 g/mol. The number of carbonyl (C=O) groups is 1. The molecular formula is C10H7FN2O2. The molecule has 5 heteroatoms. The van der Waals surface area contributed by atoms with Crippen LogP contribution in [0.5, 0.6) is 0 Å². The average molecular weight is 206 g/mol. The minimum Gasteiger partial charge on any atom is -0.477 e. The second-order valence-corrected chi connectivity index (χ2v) is 3.04. The molecule has 2 rings (SSSR count). The van der Waals surface area contributed by atoms with Gasteiger partial charge in [0.05, 0.1) is 0 Å². The molecule has 0 aliphatic carbocycles. The number of carboxylic acid groups (broad SMARTS) is 1. The van der Waals surface area contributed by atoms with Gasteiger partial charge < -0.3 is 10.8 Å². The lowest BCUT2D eigenvalue weighted by Crippen LogP contribution is -2.03. The molecule has 0 aliphatic rings. The molecule has 0 atom stereocenters. The maximum Gasteiger partial charge on any atom is 0.354 e. The van der Waals surface area contributed by atoms with Gasteiger partial charge >= 0.3 is 5.97 Å². The van der Waals surface area contributed by atoms with E-state index in [1.807, 2.05) is 0 Å². The normalized spacial score (nSPS) is 10.5. The molecule has 0 spiro atoms. The summed E-state index contributed by atoms with van der Waals surface area (Å²) in [5, 5.41) is 9.14. The number of fused-ring (bicyclic) bond motifs is 1. The topological polar surface area (TPSA) is 76.2 Å². The average Bonchev–Trinajstić information content (AvgIpc) is 2.19. The number of pyridine rings is 1. The maximum atomic E-state index is 13.3. The van der Waals surface area contributed by atoms with Crippen molar-refractivity contribution in [1.82, 2.24) is 4.98 Å². The third kappa shape index (κ3) is 1.48. The smallest absolute Gasteiger partial charge is 0.354 e. The second-order valence-electron chi connectivity index (χ2n) is 3.04. The van der Waals surface area contributed by atoms with Crippen LogP contribution in [0, 0.1) is 5.82 Å². The zero-order chi connectivity index (χ0) is 11.0. The zero-order valence-electron chi connectivity index (χ0n) is 7.57. The van der Waals surface area contributed by atoms with Gasteiger partial charge in [-0.15, -0.1) is 0 Å². The van der Waals surface area contributed by atoms with Gasteiger partial charge in [-0.25, -0.2) is 14.2 Å². The number of carboxylic acids is 1. The van der Waals surface area contributed by atoms with Crippen LogP contribution < -0.4 is 5.73 Å². The van der Waals surface area contributed by atoms with Crippen LogP contribution in [0.2, 0.25) is 0 Å². The van der Waals surface area contributed by atoms with Crippen molar-refractivity contribution in [2.45, 2.75) is 0 Å². The Hall–Kier alpha value is -2.17. The molecule has 76 valence electrons. The SMILES string of the molecule is Nc1cc(C(=O)O)nc2c(F)cccc12. The molecule has 15 heavy (non-hydrogen) atoms. The van der Waals surface area contributed by atoms with Gasteiger partial charge in [-0.3, -0.25) is 0 Å². The number of anilines is 1. The van der Waals surface area contributed by atoms with Crippen LogP contribution >= 0.6 is 0 Å². The highest BCUT2D eigenvalue weighted by Crippen LogP contribution is 2.22. The molecule has 3 N–H and O–H groups in total. The van der Waals surface area contributed by atoms with Crippen molar-refractivity contribution in [3.05, 3.63) is 35.8 Å². The Morgan fingerprint density at radius 2 is 2.20 bits per heavy atom. The minimum absolute atomic E-state index is 0.0186. The molecule has 0 fully saturated rings. The summed E-state index contributed by atoms with van der Waals surface area (Å²) in [7, 11) is 0. The summed E-state index contributed by atoms with van der Waals surface area (Å²) in [4.78, 5) is 14.3. The summed E-state index contributed by atoms with van der Waals surface area (Å²) in [5.41, 5.74) is 5.52. The Labute approximate surface area is 84.2 Å². The van der Waals surface area contributed by atoms with Crippen LogP contribution in [0.4, 0.5) is 10.1 Å². The lowest BCUT2D eigenvalue weighted by Gasteiger charge is -2.03. The fourth-order valence-corrected chi connectivity index (χ4v) is 1.35. The van der Waals surface area contributed by atoms with Crippen LogP contribution in [0.15, 0.2) is 24.3 Å². The molecule has 0 aliphatic heterocycles. The van der Waals surface area contributed by atoms with Crippen LogP contribution in [0.3, 0.4) is 0 Å². The van der Waals surface area contributed by atoms with E-state index < -0.39 is 11.8 Å². The Kier molecular flexibility index (Phi) is 2.00. The van der Waals surface area contributed by atoms with Crippen molar-refractivity contribution in [3.8, 4) is 0 Å². The van der Waals surface area contributed by atoms with E-state index in [0.717, 1.165) is 0 Å². The van der Waals surface area contributed by atoms with Crippen molar-refractivity contribution in [3.63, 3.8) is 0 Å². The van der Waals surface area contributed by atoms with E-state index in [0.29, 0.717) is 5.39 Å². The first-order valence-corrected chi connectivity index (χ1v) is 4.17. The fourth-order valence-electron chi connectivity index (χ4n) is 1.35. The number of hydrogen-bond acceptors (Lipinski definition) is 3. The number of para-hydroxylation sites is 1. The highest BCUT2D eigenvalue weighted by molar-refractivity contribution is 5.96. The molecule has 0 saturated heterocycles. The molecular weight excluding hydrogens is 199 g/mol. The molecule has 0 saturated carbocycles. The molecule has 4 nitrogen and oxygen atoms in total. The van der Waals surface area contributed by atoms with Crippen LogP contribution in [-0.2, 0) is 0 Å². The molecule has 0 amide bonds. The van der Waals surface area contributed by atoms with Crippen molar-refractivity contribution < 1.29 is 14.3 Å². The van der Waals surface area contributed by atoms with E-state index in [2.05, 4.69) is 4.98 Å². The number of halogens is 1. The number of benzene rings is 1. The summed E-state index contributed by atoms with van der Waals surface area (Å²) in [5.74, 6) is -1.81. The van der Waals surface area contributed by atoms with Gasteiger partial charge in [0.15, 0.2) is 5.69 Å². The molecule has 2 aromatic rings. The fraction of sp³-hybridized carbons (Fsp3) is 0. The van der Waals surface area contributed by atoms with Gasteiger partial charge in [0.2, 0.25) is 0 Å². The number of nitrogens with two attached hydrogens (primary N) is 1. The predicted molar refractivity (Wildman–Crippen MR) is 53.1 cm³/mol. The lowest BCUT2D eigenvalue weighted by atomic mass is 10.1. The highest BCUT2D eigenvalue weighted by atomic mass is 19.1. The molecule has 1 aromatic heterocycles. The van der Waals surface area contributed by atoms with E-state index in [-0.39, 0.29) is 16.9 Å². The quantitative estimate of drug-likeness (QED) is 0.743. The molecule has 1 heterocycles. The van der Waals surface area contributed by atoms with E-state index in [4.69, 9.17) is 10.8 Å². The highest BCUT2D eigenvalue weighted by Gasteiger charge is 2.11. The van der Waals surface area contributed by atoms with Crippen LogP contribution in [-0.4, -0.2) is 16.1 Å². The van der Waals surface area contributed by atoms with Crippen molar-refractivity contribution in [2.75, 3.05) is 5.73 Å². The first kappa shape index (κ1) is 9.39. The number of hydrogen-bond donors (Lipinski definition) is 2. The molecule has 0 bridgehead atoms. The summed E-state index contributed by atoms with van der Waals surface area (Å²) in [6, 6.07) is 5.51. The van der Waals surface area contributed by atoms with Gasteiger partial charge in [-0.2, -0.15) is 0 Å². The standard InChI is InChI=1S/C10H7FN2O2/c11-6-3-1-2-5-7(12)4-8(10(14)15)13-9(5)6/h1-4H,(H2,12,13)(H,14,15). The first-order chi connectivity index (χ1) is 7.09. The second kappa shape index (κ2) is 3.20. The van der Waals surface area contributed by atoms with Crippen molar-refractivity contribution in [2.24, 2.45) is 0 Å². The van der Waals surface area contributed by atoms with E-state index >= 15 is 0 Å². The largest absolute Gasteiger partial charge is 0.477 e. The van der Waals surface area contributed by atoms with Crippen LogP contribution in [0.25, 0.3) is 10.9 Å². The molecule has 0 unspecified atom stereocenters. The summed E-state index contributed by atoms with van der Waals surface area (Å²) < 4.78 is 13.3. The Morgan fingerprint density at radius 1 is 1.47 bits per heavy atom. The Balaban J connectivity index is 2.85. The Morgan fingerprint density at radius 3 is 2.87 bits per heavy atom. The maximum absolute atomic E-state index is 13.3. The van der Waals surface area contributed by atoms with Gasteiger partial charge in [-0.1, -0.05) is 12.1 Å². The third-order valence-electron chi connectivity index (χ3n) is 2.04. The number of nitrogen functional groups attached to an aromatic ring is 1. The third-order valence-corrected chi connectivity index (χ3v) is 2.04. The molecule has 1 aromatic carbocycles. The van der Waals surface area contributed by atoms with E-state index in [9.17, 15) is 9.18 Å². The minimum atomic E-state index is -1.23. The van der Waals surface area contributed by atoms with Crippen LogP contribution in [0.1, 0.15) is 10.5 Å². The van der Waals surface area contributed by atoms with E-state index in [1.165, 1.54) is 18.2 Å². The number of rotatable bonds is 1. The van der Waals surface area contributed by atoms with Gasteiger partial charge in [0.25, 0.3) is 0 Å². The van der Waals surface area contributed by atoms with Gasteiger partial charge in [0.1, 0.15) is 11.3 Å². The number of aromatic carboxylic acids is 1.